The summed E-state index contributed by atoms with van der Waals surface area (Å²) in [7, 11) is 0. The Labute approximate surface area is 356 Å². The van der Waals surface area contributed by atoms with Crippen molar-refractivity contribution in [3.05, 3.63) is 120 Å². The monoisotopic (exact) mass is 823 g/mol. The van der Waals surface area contributed by atoms with Crippen LogP contribution in [0.3, 0.4) is 0 Å². The number of nitrogens with one attached hydrogen (secondary N) is 3. The Morgan fingerprint density at radius 3 is 1.97 bits per heavy atom. The van der Waals surface area contributed by atoms with E-state index in [1.807, 2.05) is 109 Å². The molecule has 4 aliphatic rings. The molecule has 4 amide bonds. The molecule has 9 rings (SSSR count). The van der Waals surface area contributed by atoms with Gasteiger partial charge < -0.3 is 30.0 Å². The number of aromatic nitrogens is 1. The summed E-state index contributed by atoms with van der Waals surface area (Å²) in [5, 5.41) is 7.32. The van der Waals surface area contributed by atoms with E-state index in [-0.39, 0.29) is 23.6 Å². The van der Waals surface area contributed by atoms with Crippen LogP contribution in [0, 0.1) is 0 Å². The molecule has 5 aromatic rings. The van der Waals surface area contributed by atoms with Crippen molar-refractivity contribution in [1.82, 2.24) is 25.0 Å². The van der Waals surface area contributed by atoms with E-state index in [9.17, 15) is 19.2 Å². The van der Waals surface area contributed by atoms with Crippen LogP contribution in [-0.4, -0.2) is 121 Å². The molecular weight excluding hydrogens is 771 g/mol. The second-order valence-electron chi connectivity index (χ2n) is 16.3. The highest BCUT2D eigenvalue weighted by molar-refractivity contribution is 6.18. The van der Waals surface area contributed by atoms with E-state index in [2.05, 4.69) is 25.4 Å². The van der Waals surface area contributed by atoms with Gasteiger partial charge in [0.15, 0.2) is 0 Å². The molecule has 0 aliphatic carbocycles. The molecule has 0 bridgehead atoms. The van der Waals surface area contributed by atoms with E-state index in [1.54, 1.807) is 4.90 Å². The number of anilines is 2. The summed E-state index contributed by atoms with van der Waals surface area (Å²) in [6.07, 6.45) is 2.90. The van der Waals surface area contributed by atoms with Crippen LogP contribution < -0.4 is 15.5 Å². The topological polar surface area (TPSA) is 140 Å². The Hall–Kier alpha value is -5.70. The van der Waals surface area contributed by atoms with Crippen LogP contribution in [0.15, 0.2) is 109 Å². The van der Waals surface area contributed by atoms with Gasteiger partial charge in [-0.2, -0.15) is 0 Å². The lowest BCUT2D eigenvalue weighted by Crippen LogP contribution is -2.52. The van der Waals surface area contributed by atoms with Crippen molar-refractivity contribution in [3.63, 3.8) is 0 Å². The number of carbonyl (C=O) groups is 4. The molecule has 1 aromatic heterocycles. The van der Waals surface area contributed by atoms with Gasteiger partial charge >= 0.3 is 0 Å². The number of benzene rings is 4. The molecular formula is C48H53N7O6. The van der Waals surface area contributed by atoms with E-state index in [4.69, 9.17) is 9.47 Å². The zero-order valence-electron chi connectivity index (χ0n) is 34.3. The van der Waals surface area contributed by atoms with Crippen molar-refractivity contribution >= 4 is 45.9 Å². The second-order valence-corrected chi connectivity index (χ2v) is 16.3. The number of hydrogen-bond acceptors (Lipinski definition) is 9. The van der Waals surface area contributed by atoms with Gasteiger partial charge in [-0.25, -0.2) is 4.90 Å². The summed E-state index contributed by atoms with van der Waals surface area (Å²) in [4.78, 5) is 68.0. The molecule has 4 atom stereocenters. The molecule has 0 saturated carbocycles. The first-order chi connectivity index (χ1) is 29.9. The smallest absolute Gasteiger partial charge is 0.255 e. The fraction of sp³-hybridized carbons (Fsp3) is 0.375. The van der Waals surface area contributed by atoms with Gasteiger partial charge in [-0.3, -0.25) is 29.0 Å². The van der Waals surface area contributed by atoms with Crippen LogP contribution in [0.5, 0.6) is 0 Å². The highest BCUT2D eigenvalue weighted by Crippen LogP contribution is 2.33. The number of amides is 4. The number of ether oxygens (including phenoxy) is 2. The highest BCUT2D eigenvalue weighted by atomic mass is 16.5. The van der Waals surface area contributed by atoms with Crippen LogP contribution in [0.2, 0.25) is 0 Å². The lowest BCUT2D eigenvalue weighted by atomic mass is 10.0. The fourth-order valence-corrected chi connectivity index (χ4v) is 9.34. The molecule has 13 nitrogen and oxygen atoms in total. The van der Waals surface area contributed by atoms with Gasteiger partial charge in [-0.05, 0) is 85.3 Å². The largest absolute Gasteiger partial charge is 0.379 e. The normalized spacial score (nSPS) is 21.0. The number of morpholine rings is 2. The minimum absolute atomic E-state index is 0.0531. The fourth-order valence-electron chi connectivity index (χ4n) is 9.34. The van der Waals surface area contributed by atoms with E-state index < -0.39 is 24.2 Å². The molecule has 4 fully saturated rings. The van der Waals surface area contributed by atoms with Crippen LogP contribution >= 0.6 is 0 Å². The Balaban J connectivity index is 0.928. The van der Waals surface area contributed by atoms with Crippen molar-refractivity contribution in [1.29, 1.82) is 0 Å². The average molecular weight is 824 g/mol. The Morgan fingerprint density at radius 1 is 0.689 bits per heavy atom. The molecule has 0 radical (unpaired) electrons. The Bertz CT molecular complexity index is 2320. The Kier molecular flexibility index (Phi) is 12.3. The Morgan fingerprint density at radius 2 is 1.33 bits per heavy atom. The number of imide groups is 1. The van der Waals surface area contributed by atoms with Crippen LogP contribution in [0.4, 0.5) is 11.4 Å². The lowest BCUT2D eigenvalue weighted by molar-refractivity contribution is -0.143. The van der Waals surface area contributed by atoms with Gasteiger partial charge in [0.1, 0.15) is 18.1 Å². The maximum Gasteiger partial charge on any atom is 0.255 e. The first-order valence-electron chi connectivity index (χ1n) is 21.6. The van der Waals surface area contributed by atoms with E-state index in [1.165, 1.54) is 4.90 Å². The average Bonchev–Trinajstić information content (AvgIpc) is 4.11. The third-order valence-corrected chi connectivity index (χ3v) is 12.5. The summed E-state index contributed by atoms with van der Waals surface area (Å²) in [6, 6.07) is 32.7. The molecule has 5 heterocycles. The third kappa shape index (κ3) is 8.75. The zero-order valence-corrected chi connectivity index (χ0v) is 34.3. The number of likely N-dealkylation sites (tertiary alicyclic amines) is 1. The predicted molar refractivity (Wildman–Crippen MR) is 234 cm³/mol. The minimum Gasteiger partial charge on any atom is -0.379 e. The maximum atomic E-state index is 14.7. The molecule has 4 aliphatic heterocycles. The van der Waals surface area contributed by atoms with Gasteiger partial charge in [0.2, 0.25) is 11.8 Å². The molecule has 3 N–H and O–H groups in total. The molecule has 13 heteroatoms. The SMILES string of the molecule is O=C(Nc1ccc2[nH]c(-c3ccc(N(C(=O)[C@@H]4CCCN4)C(=O)[C@@H](c4ccccc4)N4CCOCC4)cc3)cc2c1)[C@@H]1CCCN1C(=O)[C@@H](c1ccccc1)N1CCOCC1. The number of aromatic amines is 1. The number of hydrogen-bond donors (Lipinski definition) is 3. The van der Waals surface area contributed by atoms with Crippen molar-refractivity contribution < 1.29 is 28.7 Å². The van der Waals surface area contributed by atoms with Gasteiger partial charge in [0, 0.05) is 55.0 Å². The van der Waals surface area contributed by atoms with Gasteiger partial charge in [-0.1, -0.05) is 72.8 Å². The number of H-pyrrole nitrogens is 1. The molecule has 0 spiro atoms. The molecule has 61 heavy (non-hydrogen) atoms. The van der Waals surface area contributed by atoms with E-state index in [0.717, 1.165) is 52.7 Å². The van der Waals surface area contributed by atoms with Crippen LogP contribution in [0.1, 0.15) is 48.9 Å². The van der Waals surface area contributed by atoms with Crippen molar-refractivity contribution in [3.8, 4) is 11.3 Å². The molecule has 4 aromatic carbocycles. The van der Waals surface area contributed by atoms with Gasteiger partial charge in [-0.15, -0.1) is 0 Å². The van der Waals surface area contributed by atoms with Gasteiger partial charge in [0.25, 0.3) is 11.8 Å². The number of nitrogens with zero attached hydrogens (tertiary/aromatic N) is 4. The standard InChI is InChI=1S/C48H53N7O6/c56-45(42-14-8-22-54(42)47(58)43(34-9-3-1-4-10-34)52-23-27-60-28-24-52)50-37-17-20-39-36(31-37)32-41(51-39)33-15-18-38(19-16-33)55(46(57)40-13-7-21-49-40)48(59)44(35-11-5-2-6-12-35)53-25-29-61-30-26-53/h1-6,9-12,15-20,31-32,40,42-44,49,51H,7-8,13-14,21-30H2,(H,50,56)/t40-,42-,43+,44+/m0/s1. The van der Waals surface area contributed by atoms with Crippen LogP contribution in [0.25, 0.3) is 22.2 Å². The van der Waals surface area contributed by atoms with Crippen molar-refractivity contribution in [2.45, 2.75) is 49.9 Å². The number of rotatable bonds is 11. The lowest BCUT2D eigenvalue weighted by Gasteiger charge is -2.37. The number of fused-ring (bicyclic) bond motifs is 1. The summed E-state index contributed by atoms with van der Waals surface area (Å²) in [5.41, 5.74) is 5.54. The van der Waals surface area contributed by atoms with Gasteiger partial charge in [0.05, 0.1) is 38.2 Å². The highest BCUT2D eigenvalue weighted by Gasteiger charge is 2.41. The number of carbonyl (C=O) groups excluding carboxylic acids is 4. The summed E-state index contributed by atoms with van der Waals surface area (Å²) in [6.45, 7) is 5.92. The maximum absolute atomic E-state index is 14.7. The molecule has 0 unspecified atom stereocenters. The summed E-state index contributed by atoms with van der Waals surface area (Å²) >= 11 is 0. The summed E-state index contributed by atoms with van der Waals surface area (Å²) < 4.78 is 11.2. The predicted octanol–water partition coefficient (Wildman–Crippen LogP) is 5.52. The first-order valence-corrected chi connectivity index (χ1v) is 21.6. The minimum atomic E-state index is -0.642. The van der Waals surface area contributed by atoms with Crippen LogP contribution in [-0.2, 0) is 28.7 Å². The first kappa shape index (κ1) is 40.7. The van der Waals surface area contributed by atoms with E-state index >= 15 is 0 Å². The van der Waals surface area contributed by atoms with Crippen molar-refractivity contribution in [2.24, 2.45) is 0 Å². The third-order valence-electron chi connectivity index (χ3n) is 12.5. The summed E-state index contributed by atoms with van der Waals surface area (Å²) in [5.74, 6) is -0.779. The second kappa shape index (κ2) is 18.5. The van der Waals surface area contributed by atoms with Crippen molar-refractivity contribution in [2.75, 3.05) is 75.9 Å². The van der Waals surface area contributed by atoms with E-state index in [0.29, 0.717) is 83.4 Å². The molecule has 4 saturated heterocycles. The quantitative estimate of drug-likeness (QED) is 0.157. The zero-order chi connectivity index (χ0) is 41.7. The molecule has 316 valence electrons.